The second-order valence-electron chi connectivity index (χ2n) is 3.44. The molecule has 2 atom stereocenters. The number of carboxylic acids is 1. The number of nitrogens with one attached hydrogen (secondary N) is 1. The van der Waals surface area contributed by atoms with Gasteiger partial charge >= 0.3 is 5.97 Å². The fourth-order valence-corrected chi connectivity index (χ4v) is 1.83. The van der Waals surface area contributed by atoms with Gasteiger partial charge in [0, 0.05) is 13.2 Å². The van der Waals surface area contributed by atoms with Crippen molar-refractivity contribution < 1.29 is 14.6 Å². The van der Waals surface area contributed by atoms with Gasteiger partial charge in [0.1, 0.15) is 0 Å². The van der Waals surface area contributed by atoms with Gasteiger partial charge in [-0.2, -0.15) is 0 Å². The molecule has 0 heterocycles. The normalized spacial score (nSPS) is 28.7. The molecule has 4 nitrogen and oxygen atoms in total. The zero-order chi connectivity index (χ0) is 9.68. The summed E-state index contributed by atoms with van der Waals surface area (Å²) < 4.78 is 5.28. The minimum atomic E-state index is -0.805. The van der Waals surface area contributed by atoms with Crippen molar-refractivity contribution in [3.8, 4) is 0 Å². The van der Waals surface area contributed by atoms with Crippen LogP contribution in [0.4, 0.5) is 0 Å². The molecular formula is C9H17NO3. The van der Waals surface area contributed by atoms with Crippen molar-refractivity contribution in [2.75, 3.05) is 13.7 Å². The molecule has 0 amide bonds. The maximum atomic E-state index is 10.3. The molecule has 76 valence electrons. The average Bonchev–Trinajstić information content (AvgIpc) is 2.15. The number of methoxy groups -OCH3 is 1. The molecule has 1 aliphatic carbocycles. The van der Waals surface area contributed by atoms with Crippen LogP contribution in [-0.2, 0) is 9.53 Å². The van der Waals surface area contributed by atoms with Crippen LogP contribution in [0.5, 0.6) is 0 Å². The number of hydrogen-bond acceptors (Lipinski definition) is 3. The molecule has 0 aromatic heterocycles. The van der Waals surface area contributed by atoms with Gasteiger partial charge in [0.25, 0.3) is 0 Å². The predicted octanol–water partition coefficient (Wildman–Crippen LogP) is 0.618. The molecule has 0 aromatic rings. The van der Waals surface area contributed by atoms with E-state index in [2.05, 4.69) is 5.32 Å². The van der Waals surface area contributed by atoms with Gasteiger partial charge in [-0.1, -0.05) is 12.8 Å². The minimum absolute atomic E-state index is 0.0323. The Kier molecular flexibility index (Phi) is 4.18. The highest BCUT2D eigenvalue weighted by Gasteiger charge is 2.24. The van der Waals surface area contributed by atoms with E-state index in [9.17, 15) is 4.79 Å². The van der Waals surface area contributed by atoms with Gasteiger partial charge in [-0.25, -0.2) is 0 Å². The van der Waals surface area contributed by atoms with Gasteiger partial charge in [0.15, 0.2) is 0 Å². The van der Waals surface area contributed by atoms with Crippen molar-refractivity contribution in [3.05, 3.63) is 0 Å². The number of carbonyl (C=O) groups is 1. The van der Waals surface area contributed by atoms with Crippen LogP contribution in [0.15, 0.2) is 0 Å². The molecule has 13 heavy (non-hydrogen) atoms. The summed E-state index contributed by atoms with van der Waals surface area (Å²) in [6.45, 7) is 0.0323. The lowest BCUT2D eigenvalue weighted by molar-refractivity contribution is -0.136. The molecule has 0 unspecified atom stereocenters. The first kappa shape index (κ1) is 10.5. The third-order valence-corrected chi connectivity index (χ3v) is 2.52. The van der Waals surface area contributed by atoms with Crippen molar-refractivity contribution in [3.63, 3.8) is 0 Å². The molecule has 0 bridgehead atoms. The number of carboxylic acid groups (broad SMARTS) is 1. The highest BCUT2D eigenvalue weighted by atomic mass is 16.5. The summed E-state index contributed by atoms with van der Waals surface area (Å²) in [6, 6.07) is 0.217. The zero-order valence-electron chi connectivity index (χ0n) is 7.95. The average molecular weight is 187 g/mol. The quantitative estimate of drug-likeness (QED) is 0.677. The maximum absolute atomic E-state index is 10.3. The van der Waals surface area contributed by atoms with Crippen molar-refractivity contribution in [2.45, 2.75) is 37.8 Å². The SMILES string of the molecule is CO[C@@H]1CCCC[C@@H]1NCC(=O)O. The van der Waals surface area contributed by atoms with E-state index in [1.165, 1.54) is 6.42 Å². The fourth-order valence-electron chi connectivity index (χ4n) is 1.83. The minimum Gasteiger partial charge on any atom is -0.480 e. The highest BCUT2D eigenvalue weighted by Crippen LogP contribution is 2.20. The zero-order valence-corrected chi connectivity index (χ0v) is 7.95. The topological polar surface area (TPSA) is 58.6 Å². The van der Waals surface area contributed by atoms with Gasteiger partial charge < -0.3 is 15.2 Å². The van der Waals surface area contributed by atoms with Crippen LogP contribution < -0.4 is 5.32 Å². The summed E-state index contributed by atoms with van der Waals surface area (Å²) in [5.41, 5.74) is 0. The van der Waals surface area contributed by atoms with E-state index in [4.69, 9.17) is 9.84 Å². The Labute approximate surface area is 78.3 Å². The highest BCUT2D eigenvalue weighted by molar-refractivity contribution is 5.69. The third-order valence-electron chi connectivity index (χ3n) is 2.52. The molecule has 2 N–H and O–H groups in total. The van der Waals surface area contributed by atoms with Crippen LogP contribution in [0.3, 0.4) is 0 Å². The van der Waals surface area contributed by atoms with Crippen LogP contribution in [0.2, 0.25) is 0 Å². The molecule has 1 aliphatic rings. The Morgan fingerprint density at radius 2 is 2.23 bits per heavy atom. The molecule has 0 radical (unpaired) electrons. The first-order valence-electron chi connectivity index (χ1n) is 4.72. The molecule has 0 saturated heterocycles. The Hall–Kier alpha value is -0.610. The van der Waals surface area contributed by atoms with Gasteiger partial charge in [0.05, 0.1) is 12.6 Å². The van der Waals surface area contributed by atoms with E-state index in [0.29, 0.717) is 0 Å². The fraction of sp³-hybridized carbons (Fsp3) is 0.889. The molecule has 1 fully saturated rings. The lowest BCUT2D eigenvalue weighted by Gasteiger charge is -2.30. The van der Waals surface area contributed by atoms with Crippen LogP contribution >= 0.6 is 0 Å². The van der Waals surface area contributed by atoms with Crippen LogP contribution in [-0.4, -0.2) is 36.9 Å². The standard InChI is InChI=1S/C9H17NO3/c1-13-8-5-3-2-4-7(8)10-6-9(11)12/h7-8,10H,2-6H2,1H3,(H,11,12)/t7-,8+/m0/s1. The summed E-state index contributed by atoms with van der Waals surface area (Å²) >= 11 is 0. The Balaban J connectivity index is 2.31. The number of hydrogen-bond donors (Lipinski definition) is 2. The summed E-state index contributed by atoms with van der Waals surface area (Å²) in [4.78, 5) is 10.3. The molecule has 0 spiro atoms. The molecule has 4 heteroatoms. The van der Waals surface area contributed by atoms with E-state index >= 15 is 0 Å². The van der Waals surface area contributed by atoms with Crippen molar-refractivity contribution in [1.82, 2.24) is 5.32 Å². The molecule has 1 rings (SSSR count). The second kappa shape index (κ2) is 5.19. The van der Waals surface area contributed by atoms with E-state index in [1.54, 1.807) is 7.11 Å². The number of rotatable bonds is 4. The van der Waals surface area contributed by atoms with Gasteiger partial charge in [-0.05, 0) is 12.8 Å². The summed E-state index contributed by atoms with van der Waals surface area (Å²) in [7, 11) is 1.69. The van der Waals surface area contributed by atoms with Crippen LogP contribution in [0.1, 0.15) is 25.7 Å². The van der Waals surface area contributed by atoms with Crippen LogP contribution in [0.25, 0.3) is 0 Å². The summed E-state index contributed by atoms with van der Waals surface area (Å²) in [6.07, 6.45) is 4.59. The molecule has 0 aromatic carbocycles. The largest absolute Gasteiger partial charge is 0.480 e. The van der Waals surface area contributed by atoms with Gasteiger partial charge in [-0.3, -0.25) is 4.79 Å². The van der Waals surface area contributed by atoms with Crippen molar-refractivity contribution >= 4 is 5.97 Å². The first-order chi connectivity index (χ1) is 6.24. The van der Waals surface area contributed by atoms with Crippen LogP contribution in [0, 0.1) is 0 Å². The Morgan fingerprint density at radius 3 is 2.85 bits per heavy atom. The van der Waals surface area contributed by atoms with Gasteiger partial charge in [0.2, 0.25) is 0 Å². The van der Waals surface area contributed by atoms with Crippen molar-refractivity contribution in [1.29, 1.82) is 0 Å². The lowest BCUT2D eigenvalue weighted by atomic mass is 9.92. The Morgan fingerprint density at radius 1 is 1.54 bits per heavy atom. The van der Waals surface area contributed by atoms with E-state index in [1.807, 2.05) is 0 Å². The summed E-state index contributed by atoms with van der Waals surface area (Å²) in [5, 5.41) is 11.5. The van der Waals surface area contributed by atoms with E-state index in [-0.39, 0.29) is 18.7 Å². The third kappa shape index (κ3) is 3.32. The second-order valence-corrected chi connectivity index (χ2v) is 3.44. The van der Waals surface area contributed by atoms with E-state index < -0.39 is 5.97 Å². The monoisotopic (exact) mass is 187 g/mol. The summed E-state index contributed by atoms with van der Waals surface area (Å²) in [5.74, 6) is -0.805. The number of aliphatic carboxylic acids is 1. The van der Waals surface area contributed by atoms with Gasteiger partial charge in [-0.15, -0.1) is 0 Å². The Bertz CT molecular complexity index is 172. The maximum Gasteiger partial charge on any atom is 0.317 e. The predicted molar refractivity (Wildman–Crippen MR) is 48.7 cm³/mol. The molecule has 1 saturated carbocycles. The molecule has 0 aliphatic heterocycles. The lowest BCUT2D eigenvalue weighted by Crippen LogP contribution is -2.45. The smallest absolute Gasteiger partial charge is 0.317 e. The molecular weight excluding hydrogens is 170 g/mol. The number of ether oxygens (including phenoxy) is 1. The van der Waals surface area contributed by atoms with E-state index in [0.717, 1.165) is 19.3 Å². The first-order valence-corrected chi connectivity index (χ1v) is 4.72. The van der Waals surface area contributed by atoms with Crippen molar-refractivity contribution in [2.24, 2.45) is 0 Å².